The van der Waals surface area contributed by atoms with Crippen molar-refractivity contribution in [2.24, 2.45) is 5.84 Å². The summed E-state index contributed by atoms with van der Waals surface area (Å²) in [7, 11) is 0. The maximum Gasteiger partial charge on any atom is 0.184 e. The molecule has 62 valence electrons. The van der Waals surface area contributed by atoms with Crippen molar-refractivity contribution in [1.82, 2.24) is 19.6 Å². The van der Waals surface area contributed by atoms with Gasteiger partial charge in [0, 0.05) is 0 Å². The van der Waals surface area contributed by atoms with Crippen LogP contribution in [0.25, 0.3) is 11.2 Å². The first-order valence-electron chi connectivity index (χ1n) is 3.13. The first kappa shape index (κ1) is 7.26. The Morgan fingerprint density at radius 3 is 3.00 bits per heavy atom. The van der Waals surface area contributed by atoms with Crippen LogP contribution in [0.15, 0.2) is 12.7 Å². The van der Waals surface area contributed by atoms with Gasteiger partial charge in [-0.2, -0.15) is 0 Å². The molecule has 0 atom stereocenters. The van der Waals surface area contributed by atoms with Crippen LogP contribution in [0.2, 0.25) is 5.15 Å². The summed E-state index contributed by atoms with van der Waals surface area (Å²) in [4.78, 5) is 11.7. The Bertz CT molecular complexity index is 409. The van der Waals surface area contributed by atoms with E-state index in [9.17, 15) is 0 Å². The van der Waals surface area contributed by atoms with E-state index in [0.717, 1.165) is 0 Å². The highest BCUT2D eigenvalue weighted by atomic mass is 35.5. The molecule has 0 aliphatic rings. The van der Waals surface area contributed by atoms with Crippen LogP contribution >= 0.6 is 11.6 Å². The number of hydrazine groups is 1. The molecule has 2 heterocycles. The molecule has 2 aromatic heterocycles. The Kier molecular flexibility index (Phi) is 1.56. The van der Waals surface area contributed by atoms with Gasteiger partial charge in [0.1, 0.15) is 18.2 Å². The number of nitrogens with two attached hydrogens (primary N) is 1. The second-order valence-corrected chi connectivity index (χ2v) is 2.44. The van der Waals surface area contributed by atoms with Crippen molar-refractivity contribution in [2.75, 3.05) is 5.53 Å². The number of aromatic nitrogens is 4. The number of nitrogen functional groups attached to an aromatic ring is 1. The maximum atomic E-state index is 5.73. The fourth-order valence-electron chi connectivity index (χ4n) is 0.901. The molecule has 0 saturated heterocycles. The SMILES string of the molecule is NNn1cnc2c(Cl)ncnc21. The fourth-order valence-corrected chi connectivity index (χ4v) is 1.08. The molecular formula is C5H5ClN6. The molecule has 0 aromatic carbocycles. The minimum atomic E-state index is 0.314. The molecular weight excluding hydrogens is 180 g/mol. The molecule has 2 rings (SSSR count). The molecule has 0 fully saturated rings. The van der Waals surface area contributed by atoms with Crippen LogP contribution < -0.4 is 11.4 Å². The van der Waals surface area contributed by atoms with Crippen LogP contribution in [-0.4, -0.2) is 19.6 Å². The molecule has 0 spiro atoms. The predicted octanol–water partition coefficient (Wildman–Crippen LogP) is -0.103. The normalized spacial score (nSPS) is 10.5. The number of nitrogens with one attached hydrogen (secondary N) is 1. The average molecular weight is 185 g/mol. The molecule has 7 heteroatoms. The zero-order valence-corrected chi connectivity index (χ0v) is 6.65. The smallest absolute Gasteiger partial charge is 0.184 e. The van der Waals surface area contributed by atoms with Crippen molar-refractivity contribution < 1.29 is 0 Å². The Morgan fingerprint density at radius 1 is 1.42 bits per heavy atom. The van der Waals surface area contributed by atoms with Gasteiger partial charge in [0.15, 0.2) is 10.8 Å². The van der Waals surface area contributed by atoms with Crippen molar-refractivity contribution in [3.63, 3.8) is 0 Å². The van der Waals surface area contributed by atoms with Crippen molar-refractivity contribution in [3.05, 3.63) is 17.8 Å². The summed E-state index contributed by atoms with van der Waals surface area (Å²) < 4.78 is 1.45. The molecule has 0 aliphatic carbocycles. The average Bonchev–Trinajstić information content (AvgIpc) is 2.49. The third-order valence-electron chi connectivity index (χ3n) is 1.43. The monoisotopic (exact) mass is 184 g/mol. The summed E-state index contributed by atoms with van der Waals surface area (Å²) in [6, 6.07) is 0. The molecule has 0 unspecified atom stereocenters. The maximum absolute atomic E-state index is 5.73. The second-order valence-electron chi connectivity index (χ2n) is 2.08. The lowest BCUT2D eigenvalue weighted by atomic mass is 10.6. The van der Waals surface area contributed by atoms with Gasteiger partial charge in [-0.05, 0) is 0 Å². The first-order chi connectivity index (χ1) is 5.83. The second kappa shape index (κ2) is 2.58. The number of rotatable bonds is 1. The third kappa shape index (κ3) is 0.892. The summed E-state index contributed by atoms with van der Waals surface area (Å²) in [6.07, 6.45) is 2.82. The van der Waals surface area contributed by atoms with E-state index < -0.39 is 0 Å². The summed E-state index contributed by atoms with van der Waals surface area (Å²) in [5.74, 6) is 5.18. The van der Waals surface area contributed by atoms with Crippen LogP contribution in [-0.2, 0) is 0 Å². The Balaban J connectivity index is 2.80. The number of fused-ring (bicyclic) bond motifs is 1. The van der Waals surface area contributed by atoms with E-state index in [4.69, 9.17) is 17.4 Å². The highest BCUT2D eigenvalue weighted by Gasteiger charge is 2.06. The van der Waals surface area contributed by atoms with E-state index in [0.29, 0.717) is 16.3 Å². The van der Waals surface area contributed by atoms with Crippen molar-refractivity contribution >= 4 is 22.8 Å². The summed E-state index contributed by atoms with van der Waals surface area (Å²) >= 11 is 5.73. The number of hydrogen-bond donors (Lipinski definition) is 2. The summed E-state index contributed by atoms with van der Waals surface area (Å²) in [5, 5.41) is 0.314. The van der Waals surface area contributed by atoms with Crippen LogP contribution in [0.3, 0.4) is 0 Å². The highest BCUT2D eigenvalue weighted by Crippen LogP contribution is 2.15. The Labute approximate surface area is 72.3 Å². The molecule has 0 saturated carbocycles. The van der Waals surface area contributed by atoms with Crippen LogP contribution in [0, 0.1) is 0 Å². The van der Waals surface area contributed by atoms with Gasteiger partial charge in [0.2, 0.25) is 0 Å². The fraction of sp³-hybridized carbons (Fsp3) is 0. The zero-order valence-electron chi connectivity index (χ0n) is 5.90. The van der Waals surface area contributed by atoms with Gasteiger partial charge in [0.25, 0.3) is 0 Å². The Hall–Kier alpha value is -1.40. The van der Waals surface area contributed by atoms with Gasteiger partial charge in [-0.1, -0.05) is 11.6 Å². The molecule has 6 nitrogen and oxygen atoms in total. The van der Waals surface area contributed by atoms with Crippen molar-refractivity contribution in [2.45, 2.75) is 0 Å². The van der Waals surface area contributed by atoms with Crippen LogP contribution in [0.5, 0.6) is 0 Å². The standard InChI is InChI=1S/C5H5ClN6/c6-4-3-5(9-1-8-4)12(11-7)2-10-3/h1-2,11H,7H2. The predicted molar refractivity (Wildman–Crippen MR) is 43.9 cm³/mol. The summed E-state index contributed by atoms with van der Waals surface area (Å²) in [6.45, 7) is 0. The van der Waals surface area contributed by atoms with Gasteiger partial charge in [0.05, 0.1) is 0 Å². The van der Waals surface area contributed by atoms with Gasteiger partial charge in [-0.25, -0.2) is 25.5 Å². The van der Waals surface area contributed by atoms with Crippen molar-refractivity contribution in [3.8, 4) is 0 Å². The van der Waals surface area contributed by atoms with Crippen LogP contribution in [0.1, 0.15) is 0 Å². The molecule has 3 N–H and O–H groups in total. The van der Waals surface area contributed by atoms with E-state index in [1.807, 2.05) is 0 Å². The Morgan fingerprint density at radius 2 is 2.25 bits per heavy atom. The van der Waals surface area contributed by atoms with Gasteiger partial charge >= 0.3 is 0 Å². The molecule has 12 heavy (non-hydrogen) atoms. The van der Waals surface area contributed by atoms with E-state index in [2.05, 4.69) is 20.5 Å². The van der Waals surface area contributed by atoms with E-state index in [1.54, 1.807) is 0 Å². The van der Waals surface area contributed by atoms with Gasteiger partial charge in [-0.3, -0.25) is 5.53 Å². The van der Waals surface area contributed by atoms with Crippen molar-refractivity contribution in [1.29, 1.82) is 0 Å². The minimum Gasteiger partial charge on any atom is -0.259 e. The van der Waals surface area contributed by atoms with Gasteiger partial charge < -0.3 is 0 Å². The molecule has 0 aliphatic heterocycles. The van der Waals surface area contributed by atoms with Gasteiger partial charge in [-0.15, -0.1) is 0 Å². The van der Waals surface area contributed by atoms with E-state index >= 15 is 0 Å². The molecule has 0 bridgehead atoms. The molecule has 0 amide bonds. The highest BCUT2D eigenvalue weighted by molar-refractivity contribution is 6.33. The third-order valence-corrected chi connectivity index (χ3v) is 1.70. The zero-order chi connectivity index (χ0) is 8.55. The van der Waals surface area contributed by atoms with Crippen LogP contribution in [0.4, 0.5) is 0 Å². The number of imidazole rings is 1. The lowest BCUT2D eigenvalue weighted by Gasteiger charge is -1.98. The summed E-state index contributed by atoms with van der Waals surface area (Å²) in [5.41, 5.74) is 3.46. The lowest BCUT2D eigenvalue weighted by molar-refractivity contribution is 0.892. The quantitative estimate of drug-likeness (QED) is 0.367. The minimum absolute atomic E-state index is 0.314. The molecule has 0 radical (unpaired) electrons. The number of nitrogens with zero attached hydrogens (tertiary/aromatic N) is 4. The lowest BCUT2D eigenvalue weighted by Crippen LogP contribution is -2.20. The molecule has 2 aromatic rings. The topological polar surface area (TPSA) is 81.6 Å². The number of halogens is 1. The van der Waals surface area contributed by atoms with E-state index in [1.165, 1.54) is 17.3 Å². The largest absolute Gasteiger partial charge is 0.259 e. The van der Waals surface area contributed by atoms with E-state index in [-0.39, 0.29) is 0 Å². The number of hydrogen-bond acceptors (Lipinski definition) is 5. The first-order valence-corrected chi connectivity index (χ1v) is 3.51.